The van der Waals surface area contributed by atoms with Crippen LogP contribution in [0.1, 0.15) is 0 Å². The van der Waals surface area contributed by atoms with Gasteiger partial charge in [0.25, 0.3) is 0 Å². The zero-order valence-corrected chi connectivity index (χ0v) is 9.15. The van der Waals surface area contributed by atoms with Crippen molar-refractivity contribution < 1.29 is 15.3 Å². The summed E-state index contributed by atoms with van der Waals surface area (Å²) in [6.45, 7) is -1.46. The molecule has 0 amide bonds. The molecular formula is C8H13ClN4O3. The van der Waals surface area contributed by atoms with Gasteiger partial charge in [0.2, 0.25) is 0 Å². The molecule has 0 unspecified atom stereocenters. The fourth-order valence-electron chi connectivity index (χ4n) is 0.993. The molecule has 16 heavy (non-hydrogen) atoms. The maximum Gasteiger partial charge on any atom is 0.157 e. The highest BCUT2D eigenvalue weighted by atomic mass is 35.5. The average molecular weight is 249 g/mol. The molecule has 1 heterocycles. The normalized spacial score (nSPS) is 11.5. The van der Waals surface area contributed by atoms with E-state index in [2.05, 4.69) is 15.3 Å². The summed E-state index contributed by atoms with van der Waals surface area (Å²) in [4.78, 5) is 7.45. The molecule has 1 aromatic heterocycles. The lowest BCUT2D eigenvalue weighted by Gasteiger charge is -2.29. The van der Waals surface area contributed by atoms with Gasteiger partial charge in [-0.3, -0.25) is 0 Å². The van der Waals surface area contributed by atoms with Gasteiger partial charge in [0, 0.05) is 0 Å². The molecule has 0 radical (unpaired) electrons. The quantitative estimate of drug-likeness (QED) is 0.416. The Kier molecular flexibility index (Phi) is 4.25. The summed E-state index contributed by atoms with van der Waals surface area (Å²) in [6, 6.07) is 0. The van der Waals surface area contributed by atoms with E-state index in [1.54, 1.807) is 0 Å². The van der Waals surface area contributed by atoms with E-state index in [4.69, 9.17) is 32.7 Å². The molecule has 0 aliphatic rings. The van der Waals surface area contributed by atoms with Crippen LogP contribution in [0.5, 0.6) is 0 Å². The second-order valence-corrected chi connectivity index (χ2v) is 3.66. The molecule has 0 saturated heterocycles. The van der Waals surface area contributed by atoms with Crippen LogP contribution in [0.15, 0.2) is 6.33 Å². The molecule has 8 heteroatoms. The van der Waals surface area contributed by atoms with Crippen molar-refractivity contribution in [2.24, 2.45) is 0 Å². The van der Waals surface area contributed by atoms with Gasteiger partial charge >= 0.3 is 0 Å². The highest BCUT2D eigenvalue weighted by Gasteiger charge is 2.29. The summed E-state index contributed by atoms with van der Waals surface area (Å²) in [6.07, 6.45) is 1.18. The van der Waals surface area contributed by atoms with Gasteiger partial charge in [0.05, 0.1) is 19.8 Å². The van der Waals surface area contributed by atoms with Crippen LogP contribution in [0.3, 0.4) is 0 Å². The number of nitrogen functional groups attached to an aromatic ring is 1. The van der Waals surface area contributed by atoms with Crippen LogP contribution >= 0.6 is 11.6 Å². The number of nitrogens with zero attached hydrogens (tertiary/aromatic N) is 2. The Morgan fingerprint density at radius 1 is 1.25 bits per heavy atom. The van der Waals surface area contributed by atoms with Gasteiger partial charge in [-0.2, -0.15) is 0 Å². The summed E-state index contributed by atoms with van der Waals surface area (Å²) >= 11 is 5.67. The van der Waals surface area contributed by atoms with Gasteiger partial charge in [-0.15, -0.1) is 0 Å². The fourth-order valence-corrected chi connectivity index (χ4v) is 1.13. The minimum absolute atomic E-state index is 0.0558. The molecule has 6 N–H and O–H groups in total. The monoisotopic (exact) mass is 248 g/mol. The maximum absolute atomic E-state index is 9.10. The molecular weight excluding hydrogens is 236 g/mol. The highest BCUT2D eigenvalue weighted by Crippen LogP contribution is 2.24. The van der Waals surface area contributed by atoms with Crippen molar-refractivity contribution in [3.05, 3.63) is 11.5 Å². The molecule has 90 valence electrons. The number of hydrogen-bond donors (Lipinski definition) is 5. The Bertz CT molecular complexity index is 351. The van der Waals surface area contributed by atoms with Crippen molar-refractivity contribution >= 4 is 23.1 Å². The Balaban J connectivity index is 2.98. The Morgan fingerprint density at radius 2 is 1.81 bits per heavy atom. The summed E-state index contributed by atoms with van der Waals surface area (Å²) in [7, 11) is 0. The highest BCUT2D eigenvalue weighted by molar-refractivity contribution is 6.32. The molecule has 0 aliphatic heterocycles. The Morgan fingerprint density at radius 3 is 2.31 bits per heavy atom. The standard InChI is InChI=1S/C8H13ClN4O3/c9-6-5(10)7(12-4-11-6)13-8(1-14,2-15)3-16/h4,14-16H,1-3,10H2,(H,11,12,13). The van der Waals surface area contributed by atoms with Gasteiger partial charge in [-0.1, -0.05) is 11.6 Å². The average Bonchev–Trinajstić information content (AvgIpc) is 2.32. The number of anilines is 2. The van der Waals surface area contributed by atoms with Crippen LogP contribution in [0, 0.1) is 0 Å². The summed E-state index contributed by atoms with van der Waals surface area (Å²) in [5, 5.41) is 30.0. The van der Waals surface area contributed by atoms with Gasteiger partial charge in [-0.05, 0) is 0 Å². The van der Waals surface area contributed by atoms with Crippen molar-refractivity contribution in [3.8, 4) is 0 Å². The molecule has 0 aromatic carbocycles. The first kappa shape index (κ1) is 12.9. The molecule has 0 spiro atoms. The summed E-state index contributed by atoms with van der Waals surface area (Å²) < 4.78 is 0. The third-order valence-corrected chi connectivity index (χ3v) is 2.43. The largest absolute Gasteiger partial charge is 0.394 e. The molecule has 0 bridgehead atoms. The molecule has 0 saturated carbocycles. The van der Waals surface area contributed by atoms with E-state index in [1.165, 1.54) is 6.33 Å². The minimum Gasteiger partial charge on any atom is -0.394 e. The molecule has 0 aliphatic carbocycles. The molecule has 7 nitrogen and oxygen atoms in total. The molecule has 0 fully saturated rings. The van der Waals surface area contributed by atoms with Crippen molar-refractivity contribution in [1.82, 2.24) is 9.97 Å². The van der Waals surface area contributed by atoms with Gasteiger partial charge in [0.15, 0.2) is 11.0 Å². The van der Waals surface area contributed by atoms with Crippen molar-refractivity contribution in [2.45, 2.75) is 5.54 Å². The van der Waals surface area contributed by atoms with E-state index in [9.17, 15) is 0 Å². The van der Waals surface area contributed by atoms with Crippen LogP contribution in [-0.2, 0) is 0 Å². The number of aliphatic hydroxyl groups excluding tert-OH is 3. The van der Waals surface area contributed by atoms with E-state index in [0.717, 1.165) is 0 Å². The SMILES string of the molecule is Nc1c(Cl)ncnc1NC(CO)(CO)CO. The van der Waals surface area contributed by atoms with Crippen molar-refractivity contribution in [2.75, 3.05) is 30.9 Å². The second kappa shape index (κ2) is 5.26. The van der Waals surface area contributed by atoms with Crippen LogP contribution in [0.2, 0.25) is 5.15 Å². The minimum atomic E-state index is -1.30. The third-order valence-electron chi connectivity index (χ3n) is 2.13. The number of halogens is 1. The van der Waals surface area contributed by atoms with Crippen LogP contribution < -0.4 is 11.1 Å². The number of hydrogen-bond acceptors (Lipinski definition) is 7. The lowest BCUT2D eigenvalue weighted by molar-refractivity contribution is 0.0831. The number of nitrogens with two attached hydrogens (primary N) is 1. The van der Waals surface area contributed by atoms with E-state index < -0.39 is 25.4 Å². The van der Waals surface area contributed by atoms with Crippen molar-refractivity contribution in [3.63, 3.8) is 0 Å². The van der Waals surface area contributed by atoms with E-state index in [1.807, 2.05) is 0 Å². The number of aromatic nitrogens is 2. The predicted octanol–water partition coefficient (Wildman–Crippen LogP) is -1.16. The van der Waals surface area contributed by atoms with Crippen molar-refractivity contribution in [1.29, 1.82) is 0 Å². The van der Waals surface area contributed by atoms with Crippen LogP contribution in [0.4, 0.5) is 11.5 Å². The van der Waals surface area contributed by atoms with Crippen LogP contribution in [0.25, 0.3) is 0 Å². The second-order valence-electron chi connectivity index (χ2n) is 3.31. The number of aliphatic hydroxyl groups is 3. The van der Waals surface area contributed by atoms with E-state index in [0.29, 0.717) is 0 Å². The maximum atomic E-state index is 9.10. The van der Waals surface area contributed by atoms with Gasteiger partial charge < -0.3 is 26.4 Å². The summed E-state index contributed by atoms with van der Waals surface area (Å²) in [5.74, 6) is 0.150. The fraction of sp³-hybridized carbons (Fsp3) is 0.500. The first-order valence-corrected chi connectivity index (χ1v) is 4.83. The first-order chi connectivity index (χ1) is 7.58. The smallest absolute Gasteiger partial charge is 0.157 e. The Hall–Kier alpha value is -1.15. The zero-order valence-electron chi connectivity index (χ0n) is 8.39. The third kappa shape index (κ3) is 2.50. The van der Waals surface area contributed by atoms with E-state index >= 15 is 0 Å². The number of rotatable bonds is 5. The molecule has 1 aromatic rings. The zero-order chi connectivity index (χ0) is 12.2. The van der Waals surface area contributed by atoms with Crippen LogP contribution in [-0.4, -0.2) is 50.6 Å². The topological polar surface area (TPSA) is 125 Å². The molecule has 0 atom stereocenters. The van der Waals surface area contributed by atoms with Gasteiger partial charge in [0.1, 0.15) is 17.6 Å². The first-order valence-electron chi connectivity index (χ1n) is 4.45. The van der Waals surface area contributed by atoms with Gasteiger partial charge in [-0.25, -0.2) is 9.97 Å². The summed E-state index contributed by atoms with van der Waals surface area (Å²) in [5.41, 5.74) is 4.38. The lowest BCUT2D eigenvalue weighted by atomic mass is 10.0. The number of nitrogens with one attached hydrogen (secondary N) is 1. The van der Waals surface area contributed by atoms with E-state index in [-0.39, 0.29) is 16.7 Å². The lowest BCUT2D eigenvalue weighted by Crippen LogP contribution is -2.49. The predicted molar refractivity (Wildman–Crippen MR) is 59.1 cm³/mol. The molecule has 1 rings (SSSR count). The Labute approximate surface area is 96.9 Å².